The van der Waals surface area contributed by atoms with E-state index in [4.69, 9.17) is 0 Å². The summed E-state index contributed by atoms with van der Waals surface area (Å²) in [5.41, 5.74) is 3.83. The summed E-state index contributed by atoms with van der Waals surface area (Å²) in [4.78, 5) is 13.1. The first-order valence-corrected chi connectivity index (χ1v) is 11.5. The molecule has 1 amide bonds. The summed E-state index contributed by atoms with van der Waals surface area (Å²) in [5, 5.41) is 3.07. The minimum atomic E-state index is -3.62. The number of sulfonamides is 1. The Balaban J connectivity index is 2.34. The van der Waals surface area contributed by atoms with Gasteiger partial charge in [0.2, 0.25) is 15.9 Å². The number of rotatable bonds is 8. The van der Waals surface area contributed by atoms with Crippen LogP contribution in [-0.4, -0.2) is 26.6 Å². The average molecular weight is 403 g/mol. The highest BCUT2D eigenvalue weighted by molar-refractivity contribution is 7.92. The van der Waals surface area contributed by atoms with E-state index in [-0.39, 0.29) is 11.9 Å². The van der Waals surface area contributed by atoms with Crippen molar-refractivity contribution >= 4 is 21.6 Å². The minimum absolute atomic E-state index is 0.167. The molecule has 2 aromatic carbocycles. The number of benzene rings is 2. The molecule has 0 heterocycles. The maximum absolute atomic E-state index is 13.1. The van der Waals surface area contributed by atoms with E-state index in [1.54, 1.807) is 24.3 Å². The molecule has 0 saturated carbocycles. The quantitative estimate of drug-likeness (QED) is 0.722. The van der Waals surface area contributed by atoms with E-state index < -0.39 is 16.1 Å². The van der Waals surface area contributed by atoms with Gasteiger partial charge in [-0.05, 0) is 49.9 Å². The lowest BCUT2D eigenvalue weighted by Gasteiger charge is -2.31. The van der Waals surface area contributed by atoms with Crippen LogP contribution in [0.2, 0.25) is 0 Å². The fourth-order valence-corrected chi connectivity index (χ4v) is 4.73. The molecule has 2 aromatic rings. The van der Waals surface area contributed by atoms with Gasteiger partial charge in [-0.25, -0.2) is 8.42 Å². The highest BCUT2D eigenvalue weighted by atomic mass is 32.2. The summed E-state index contributed by atoms with van der Waals surface area (Å²) in [6.45, 7) is 7.90. The summed E-state index contributed by atoms with van der Waals surface area (Å²) >= 11 is 0. The predicted molar refractivity (Wildman–Crippen MR) is 115 cm³/mol. The molecular weight excluding hydrogens is 372 g/mol. The van der Waals surface area contributed by atoms with Crippen molar-refractivity contribution in [2.45, 2.75) is 52.6 Å². The first-order chi connectivity index (χ1) is 13.2. The molecule has 152 valence electrons. The van der Waals surface area contributed by atoms with E-state index in [1.807, 2.05) is 45.9 Å². The van der Waals surface area contributed by atoms with Crippen molar-refractivity contribution in [3.05, 3.63) is 65.2 Å². The molecule has 0 aromatic heterocycles. The largest absolute Gasteiger partial charge is 0.347 e. The Labute approximate surface area is 168 Å². The monoisotopic (exact) mass is 402 g/mol. The van der Waals surface area contributed by atoms with Crippen molar-refractivity contribution in [1.82, 2.24) is 5.32 Å². The van der Waals surface area contributed by atoms with Crippen molar-refractivity contribution in [3.63, 3.8) is 0 Å². The smallest absolute Gasteiger partial charge is 0.244 e. The number of para-hydroxylation sites is 1. The molecule has 0 fully saturated rings. The molecule has 0 bridgehead atoms. The normalized spacial score (nSPS) is 13.6. The van der Waals surface area contributed by atoms with Gasteiger partial charge in [-0.2, -0.15) is 0 Å². The van der Waals surface area contributed by atoms with Gasteiger partial charge in [-0.15, -0.1) is 0 Å². The Morgan fingerprint density at radius 2 is 1.68 bits per heavy atom. The second-order valence-corrected chi connectivity index (χ2v) is 9.01. The van der Waals surface area contributed by atoms with E-state index in [9.17, 15) is 13.2 Å². The van der Waals surface area contributed by atoms with E-state index in [1.165, 1.54) is 9.87 Å². The van der Waals surface area contributed by atoms with Gasteiger partial charge >= 0.3 is 0 Å². The second kappa shape index (κ2) is 9.24. The fourth-order valence-electron chi connectivity index (χ4n) is 3.52. The van der Waals surface area contributed by atoms with Crippen LogP contribution in [0.15, 0.2) is 48.5 Å². The molecule has 28 heavy (non-hydrogen) atoms. The van der Waals surface area contributed by atoms with Crippen molar-refractivity contribution in [3.8, 4) is 0 Å². The zero-order valence-corrected chi connectivity index (χ0v) is 18.1. The number of carbonyl (C=O) groups excluding carboxylic acids is 1. The van der Waals surface area contributed by atoms with Crippen LogP contribution in [0.4, 0.5) is 5.69 Å². The maximum Gasteiger partial charge on any atom is 0.244 e. The van der Waals surface area contributed by atoms with Crippen molar-refractivity contribution < 1.29 is 13.2 Å². The Morgan fingerprint density at radius 3 is 2.18 bits per heavy atom. The number of amides is 1. The van der Waals surface area contributed by atoms with Crippen LogP contribution in [0.1, 0.15) is 49.4 Å². The number of aryl methyl sites for hydroxylation is 2. The molecule has 0 aliphatic heterocycles. The van der Waals surface area contributed by atoms with Crippen molar-refractivity contribution in [2.75, 3.05) is 10.6 Å². The summed E-state index contributed by atoms with van der Waals surface area (Å²) in [6, 6.07) is 13.9. The van der Waals surface area contributed by atoms with Crippen molar-refractivity contribution in [1.29, 1.82) is 0 Å². The van der Waals surface area contributed by atoms with Crippen LogP contribution in [0.25, 0.3) is 0 Å². The lowest BCUT2D eigenvalue weighted by molar-refractivity contribution is -0.123. The third-order valence-electron chi connectivity index (χ3n) is 4.87. The lowest BCUT2D eigenvalue weighted by Crippen LogP contribution is -2.50. The van der Waals surface area contributed by atoms with Gasteiger partial charge in [-0.3, -0.25) is 9.10 Å². The topological polar surface area (TPSA) is 66.5 Å². The second-order valence-electron chi connectivity index (χ2n) is 7.15. The molecule has 6 heteroatoms. The number of carbonyl (C=O) groups is 1. The predicted octanol–water partition coefficient (Wildman–Crippen LogP) is 4.12. The van der Waals surface area contributed by atoms with Crippen molar-refractivity contribution in [2.24, 2.45) is 0 Å². The molecule has 0 unspecified atom stereocenters. The summed E-state index contributed by atoms with van der Waals surface area (Å²) in [6.07, 6.45) is 2.23. The summed E-state index contributed by atoms with van der Waals surface area (Å²) in [5.74, 6) is -0.288. The van der Waals surface area contributed by atoms with Gasteiger partial charge in [-0.1, -0.05) is 55.8 Å². The molecule has 1 N–H and O–H groups in total. The minimum Gasteiger partial charge on any atom is -0.347 e. The number of hydrogen-bond acceptors (Lipinski definition) is 3. The number of hydrogen-bond donors (Lipinski definition) is 1. The summed E-state index contributed by atoms with van der Waals surface area (Å²) < 4.78 is 26.2. The van der Waals surface area contributed by atoms with E-state index in [0.717, 1.165) is 23.8 Å². The molecule has 2 atom stereocenters. The SMILES string of the molecule is CC[C@@H](NC(=O)[C@H](CC)N(c1ccccc1)S(C)(=O)=O)c1ccc(C)cc1C. The molecule has 0 aliphatic rings. The zero-order valence-electron chi connectivity index (χ0n) is 17.3. The van der Waals surface area contributed by atoms with E-state index in [2.05, 4.69) is 11.4 Å². The van der Waals surface area contributed by atoms with E-state index in [0.29, 0.717) is 12.1 Å². The Kier molecular flexibility index (Phi) is 7.24. The van der Waals surface area contributed by atoms with E-state index >= 15 is 0 Å². The average Bonchev–Trinajstić information content (AvgIpc) is 2.64. The van der Waals surface area contributed by atoms with Crippen LogP contribution >= 0.6 is 0 Å². The van der Waals surface area contributed by atoms with Gasteiger partial charge in [0.1, 0.15) is 6.04 Å². The molecule has 2 rings (SSSR count). The Bertz CT molecular complexity index is 911. The molecule has 0 spiro atoms. The molecule has 0 aliphatic carbocycles. The van der Waals surface area contributed by atoms with Gasteiger partial charge in [0.25, 0.3) is 0 Å². The van der Waals surface area contributed by atoms with Gasteiger partial charge < -0.3 is 5.32 Å². The maximum atomic E-state index is 13.1. The highest BCUT2D eigenvalue weighted by Crippen LogP contribution is 2.25. The van der Waals surface area contributed by atoms with Crippen LogP contribution in [0.5, 0.6) is 0 Å². The first kappa shape index (κ1) is 22.0. The summed E-state index contributed by atoms with van der Waals surface area (Å²) in [7, 11) is -3.62. The van der Waals surface area contributed by atoms with Gasteiger partial charge in [0.05, 0.1) is 18.0 Å². The Hall–Kier alpha value is -2.34. The molecule has 0 saturated heterocycles. The number of anilines is 1. The lowest BCUT2D eigenvalue weighted by atomic mass is 9.97. The van der Waals surface area contributed by atoms with Crippen LogP contribution in [0.3, 0.4) is 0 Å². The highest BCUT2D eigenvalue weighted by Gasteiger charge is 2.32. The Morgan fingerprint density at radius 1 is 1.04 bits per heavy atom. The zero-order chi connectivity index (χ0) is 20.9. The molecule has 5 nitrogen and oxygen atoms in total. The van der Waals surface area contributed by atoms with Gasteiger partial charge in [0, 0.05) is 0 Å². The van der Waals surface area contributed by atoms with Crippen LogP contribution in [0, 0.1) is 13.8 Å². The van der Waals surface area contributed by atoms with Crippen LogP contribution in [-0.2, 0) is 14.8 Å². The fraction of sp³-hybridized carbons (Fsp3) is 0.409. The van der Waals surface area contributed by atoms with Gasteiger partial charge in [0.15, 0.2) is 0 Å². The molecule has 0 radical (unpaired) electrons. The van der Waals surface area contributed by atoms with Crippen LogP contribution < -0.4 is 9.62 Å². The first-order valence-electron chi connectivity index (χ1n) is 9.61. The third-order valence-corrected chi connectivity index (χ3v) is 6.05. The molecular formula is C22H30N2O3S. The number of nitrogens with one attached hydrogen (secondary N) is 1. The third kappa shape index (κ3) is 5.13. The number of nitrogens with zero attached hydrogens (tertiary/aromatic N) is 1. The standard InChI is InChI=1S/C22H30N2O3S/c1-6-20(19-14-13-16(3)15-17(19)4)23-22(25)21(7-2)24(28(5,26)27)18-11-9-8-10-12-18/h8-15,20-21H,6-7H2,1-5H3,(H,23,25)/t20-,21+/m1/s1.